The lowest BCUT2D eigenvalue weighted by Crippen LogP contribution is -2.36. The fourth-order valence-electron chi connectivity index (χ4n) is 1.80. The summed E-state index contributed by atoms with van der Waals surface area (Å²) >= 11 is 3.52. The van der Waals surface area contributed by atoms with Crippen LogP contribution >= 0.6 is 15.9 Å². The lowest BCUT2D eigenvalue weighted by atomic mass is 10.1. The molecule has 18 heavy (non-hydrogen) atoms. The summed E-state index contributed by atoms with van der Waals surface area (Å²) in [5.74, 6) is 0. The van der Waals surface area contributed by atoms with Gasteiger partial charge in [0.15, 0.2) is 0 Å². The quantitative estimate of drug-likeness (QED) is 0.788. The van der Waals surface area contributed by atoms with E-state index in [4.69, 9.17) is 4.74 Å². The highest BCUT2D eigenvalue weighted by Crippen LogP contribution is 2.13. The fraction of sp³-hybridized carbons (Fsp3) is 0.600. The van der Waals surface area contributed by atoms with Gasteiger partial charge in [-0.2, -0.15) is 0 Å². The molecule has 0 aliphatic carbocycles. The van der Waals surface area contributed by atoms with E-state index in [2.05, 4.69) is 66.3 Å². The van der Waals surface area contributed by atoms with Gasteiger partial charge in [0.2, 0.25) is 0 Å². The zero-order chi connectivity index (χ0) is 13.4. The van der Waals surface area contributed by atoms with Crippen LogP contribution in [0.25, 0.3) is 0 Å². The Hall–Kier alpha value is -0.380. The molecule has 0 radical (unpaired) electrons. The predicted octanol–water partition coefficient (Wildman–Crippen LogP) is 3.78. The van der Waals surface area contributed by atoms with Crippen LogP contribution in [-0.2, 0) is 11.2 Å². The molecule has 1 aromatic rings. The van der Waals surface area contributed by atoms with Crippen molar-refractivity contribution in [1.82, 2.24) is 5.32 Å². The van der Waals surface area contributed by atoms with Crippen molar-refractivity contribution >= 4 is 15.9 Å². The fourth-order valence-corrected chi connectivity index (χ4v) is 2.24. The van der Waals surface area contributed by atoms with Crippen LogP contribution in [0.2, 0.25) is 0 Å². The molecule has 1 rings (SSSR count). The van der Waals surface area contributed by atoms with Crippen LogP contribution in [0.1, 0.15) is 32.8 Å². The van der Waals surface area contributed by atoms with E-state index in [0.29, 0.717) is 12.1 Å². The molecule has 0 aromatic heterocycles. The molecule has 0 aliphatic heterocycles. The second kappa shape index (κ2) is 8.68. The first-order valence-electron chi connectivity index (χ1n) is 6.71. The van der Waals surface area contributed by atoms with Crippen LogP contribution in [0, 0.1) is 0 Å². The van der Waals surface area contributed by atoms with Gasteiger partial charge in [-0.05, 0) is 50.9 Å². The smallest absolute Gasteiger partial charge is 0.0626 e. The predicted molar refractivity (Wildman–Crippen MR) is 81.0 cm³/mol. The third-order valence-corrected chi connectivity index (χ3v) is 3.18. The van der Waals surface area contributed by atoms with E-state index in [9.17, 15) is 0 Å². The number of rotatable bonds is 8. The molecule has 1 aromatic carbocycles. The Morgan fingerprint density at radius 1 is 1.33 bits per heavy atom. The number of hydrogen-bond acceptors (Lipinski definition) is 2. The zero-order valence-corrected chi connectivity index (χ0v) is 13.2. The van der Waals surface area contributed by atoms with Crippen LogP contribution in [0.5, 0.6) is 0 Å². The molecule has 1 atom stereocenters. The van der Waals surface area contributed by atoms with E-state index in [0.717, 1.165) is 30.5 Å². The monoisotopic (exact) mass is 313 g/mol. The molecule has 1 N–H and O–H groups in total. The molecule has 3 heteroatoms. The van der Waals surface area contributed by atoms with Crippen molar-refractivity contribution in [2.24, 2.45) is 0 Å². The average Bonchev–Trinajstić information content (AvgIpc) is 2.32. The molecule has 1 unspecified atom stereocenters. The van der Waals surface area contributed by atoms with Gasteiger partial charge in [0.05, 0.1) is 12.7 Å². The summed E-state index contributed by atoms with van der Waals surface area (Å²) in [7, 11) is 0. The largest absolute Gasteiger partial charge is 0.377 e. The molecular formula is C15H24BrNO. The molecule has 0 amide bonds. The summed E-state index contributed by atoms with van der Waals surface area (Å²) in [6, 6.07) is 8.88. The summed E-state index contributed by atoms with van der Waals surface area (Å²) < 4.78 is 6.87. The molecular weight excluding hydrogens is 290 g/mol. The van der Waals surface area contributed by atoms with Crippen LogP contribution in [-0.4, -0.2) is 25.3 Å². The van der Waals surface area contributed by atoms with Gasteiger partial charge in [-0.1, -0.05) is 35.0 Å². The SMILES string of the molecule is CCCNC(COC(C)C)Cc1cccc(Br)c1. The van der Waals surface area contributed by atoms with Crippen molar-refractivity contribution in [3.8, 4) is 0 Å². The van der Waals surface area contributed by atoms with Gasteiger partial charge in [-0.3, -0.25) is 0 Å². The maximum Gasteiger partial charge on any atom is 0.0626 e. The summed E-state index contributed by atoms with van der Waals surface area (Å²) in [4.78, 5) is 0. The van der Waals surface area contributed by atoms with Crippen molar-refractivity contribution < 1.29 is 4.74 Å². The first kappa shape index (κ1) is 15.7. The highest BCUT2D eigenvalue weighted by atomic mass is 79.9. The van der Waals surface area contributed by atoms with Gasteiger partial charge < -0.3 is 10.1 Å². The van der Waals surface area contributed by atoms with E-state index >= 15 is 0 Å². The molecule has 0 fully saturated rings. The van der Waals surface area contributed by atoms with Crippen molar-refractivity contribution in [3.63, 3.8) is 0 Å². The van der Waals surface area contributed by atoms with Crippen LogP contribution in [0.15, 0.2) is 28.7 Å². The van der Waals surface area contributed by atoms with Gasteiger partial charge in [0, 0.05) is 10.5 Å². The average molecular weight is 314 g/mol. The summed E-state index contributed by atoms with van der Waals surface area (Å²) in [6.07, 6.45) is 2.45. The molecule has 102 valence electrons. The standard InChI is InChI=1S/C15H24BrNO/c1-4-8-17-15(11-18-12(2)3)10-13-6-5-7-14(16)9-13/h5-7,9,12,15,17H,4,8,10-11H2,1-3H3. The first-order chi connectivity index (χ1) is 8.61. The van der Waals surface area contributed by atoms with Crippen molar-refractivity contribution in [2.45, 2.75) is 45.8 Å². The molecule has 0 aliphatic rings. The summed E-state index contributed by atoms with van der Waals surface area (Å²) in [6.45, 7) is 8.16. The van der Waals surface area contributed by atoms with Crippen LogP contribution in [0.4, 0.5) is 0 Å². The molecule has 2 nitrogen and oxygen atoms in total. The van der Waals surface area contributed by atoms with E-state index < -0.39 is 0 Å². The van der Waals surface area contributed by atoms with Gasteiger partial charge in [0.1, 0.15) is 0 Å². The molecule has 0 bridgehead atoms. The van der Waals surface area contributed by atoms with Gasteiger partial charge in [-0.25, -0.2) is 0 Å². The van der Waals surface area contributed by atoms with Crippen molar-refractivity contribution in [2.75, 3.05) is 13.2 Å². The molecule has 0 spiro atoms. The minimum atomic E-state index is 0.290. The highest BCUT2D eigenvalue weighted by molar-refractivity contribution is 9.10. The van der Waals surface area contributed by atoms with Crippen LogP contribution in [0.3, 0.4) is 0 Å². The first-order valence-corrected chi connectivity index (χ1v) is 7.50. The molecule has 0 saturated heterocycles. The maximum absolute atomic E-state index is 5.73. The number of ether oxygens (including phenoxy) is 1. The summed E-state index contributed by atoms with van der Waals surface area (Å²) in [5, 5.41) is 3.55. The highest BCUT2D eigenvalue weighted by Gasteiger charge is 2.10. The third kappa shape index (κ3) is 6.53. The lowest BCUT2D eigenvalue weighted by molar-refractivity contribution is 0.0613. The maximum atomic E-state index is 5.73. The van der Waals surface area contributed by atoms with Crippen molar-refractivity contribution in [3.05, 3.63) is 34.3 Å². The second-order valence-electron chi connectivity index (χ2n) is 4.87. The Balaban J connectivity index is 2.53. The Morgan fingerprint density at radius 2 is 2.11 bits per heavy atom. The number of hydrogen-bond donors (Lipinski definition) is 1. The zero-order valence-electron chi connectivity index (χ0n) is 11.6. The topological polar surface area (TPSA) is 21.3 Å². The van der Waals surface area contributed by atoms with Crippen LogP contribution < -0.4 is 5.32 Å². The van der Waals surface area contributed by atoms with E-state index in [1.807, 2.05) is 0 Å². The Labute approximate surface area is 119 Å². The molecule has 0 saturated carbocycles. The lowest BCUT2D eigenvalue weighted by Gasteiger charge is -2.20. The van der Waals surface area contributed by atoms with Gasteiger partial charge in [-0.15, -0.1) is 0 Å². The Kier molecular flexibility index (Phi) is 7.56. The van der Waals surface area contributed by atoms with Gasteiger partial charge >= 0.3 is 0 Å². The number of benzene rings is 1. The van der Waals surface area contributed by atoms with Gasteiger partial charge in [0.25, 0.3) is 0 Å². The Morgan fingerprint density at radius 3 is 2.72 bits per heavy atom. The number of nitrogens with one attached hydrogen (secondary N) is 1. The van der Waals surface area contributed by atoms with E-state index in [1.165, 1.54) is 5.56 Å². The minimum Gasteiger partial charge on any atom is -0.377 e. The Bertz CT molecular complexity index is 341. The van der Waals surface area contributed by atoms with Crippen molar-refractivity contribution in [1.29, 1.82) is 0 Å². The third-order valence-electron chi connectivity index (χ3n) is 2.68. The number of halogens is 1. The molecule has 0 heterocycles. The second-order valence-corrected chi connectivity index (χ2v) is 5.78. The minimum absolute atomic E-state index is 0.290. The van der Waals surface area contributed by atoms with E-state index in [-0.39, 0.29) is 0 Å². The van der Waals surface area contributed by atoms with E-state index in [1.54, 1.807) is 0 Å². The normalized spacial score (nSPS) is 12.9. The summed E-state index contributed by atoms with van der Waals surface area (Å²) in [5.41, 5.74) is 1.34.